The molecule has 0 N–H and O–H groups in total. The van der Waals surface area contributed by atoms with Crippen molar-refractivity contribution < 1.29 is 23.2 Å². The Morgan fingerprint density at radius 2 is 1.96 bits per heavy atom. The van der Waals surface area contributed by atoms with E-state index in [1.54, 1.807) is 6.07 Å². The SMILES string of the molecule is CC1=NC2=C(C(=O)CC(C)(C)C2)C(c2ccccc2OC(F)F)C1[N+](=O)[O-]. The number of Topliss-reactive ketones (excluding diaryl/α,β-unsaturated/α-hetero) is 1. The number of hydrogen-bond acceptors (Lipinski definition) is 5. The lowest BCUT2D eigenvalue weighted by Gasteiger charge is -2.37. The van der Waals surface area contributed by atoms with Crippen LogP contribution in [0.15, 0.2) is 40.5 Å². The smallest absolute Gasteiger partial charge is 0.387 e. The number of rotatable bonds is 4. The standard InChI is InChI=1S/C19H20F2N2O4/c1-10-17(23(25)26)15(11-6-4-5-7-14(11)27-18(20)21)16-12(22-10)8-19(2,3)9-13(16)24/h4-7,15,17-18H,8-9H2,1-3H3. The lowest BCUT2D eigenvalue weighted by atomic mass is 9.68. The summed E-state index contributed by atoms with van der Waals surface area (Å²) in [6.07, 6.45) is 0.712. The Kier molecular flexibility index (Phi) is 4.84. The molecule has 6 nitrogen and oxygen atoms in total. The van der Waals surface area contributed by atoms with Crippen molar-refractivity contribution in [1.82, 2.24) is 0 Å². The minimum atomic E-state index is -3.08. The molecule has 2 unspecified atom stereocenters. The van der Waals surface area contributed by atoms with Gasteiger partial charge in [-0.25, -0.2) is 0 Å². The Bertz CT molecular complexity index is 861. The molecule has 0 bridgehead atoms. The van der Waals surface area contributed by atoms with Crippen LogP contribution in [0.3, 0.4) is 0 Å². The Balaban J connectivity index is 2.22. The molecule has 0 radical (unpaired) electrons. The van der Waals surface area contributed by atoms with Crippen molar-refractivity contribution in [3.05, 3.63) is 51.2 Å². The van der Waals surface area contributed by atoms with E-state index in [2.05, 4.69) is 9.73 Å². The first-order chi connectivity index (χ1) is 12.6. The molecule has 0 fully saturated rings. The average molecular weight is 378 g/mol. The Morgan fingerprint density at radius 1 is 1.30 bits per heavy atom. The largest absolute Gasteiger partial charge is 0.435 e. The molecule has 144 valence electrons. The highest BCUT2D eigenvalue weighted by molar-refractivity contribution is 6.03. The van der Waals surface area contributed by atoms with Crippen molar-refractivity contribution in [1.29, 1.82) is 0 Å². The van der Waals surface area contributed by atoms with Crippen LogP contribution >= 0.6 is 0 Å². The number of ether oxygens (including phenoxy) is 1. The van der Waals surface area contributed by atoms with E-state index in [4.69, 9.17) is 0 Å². The molecule has 1 aromatic carbocycles. The number of alkyl halides is 2. The summed E-state index contributed by atoms with van der Waals surface area (Å²) in [6, 6.07) is 4.61. The quantitative estimate of drug-likeness (QED) is 0.583. The van der Waals surface area contributed by atoms with E-state index in [0.717, 1.165) is 0 Å². The first-order valence-electron chi connectivity index (χ1n) is 8.59. The number of halogens is 2. The molecule has 0 saturated heterocycles. The zero-order valence-corrected chi connectivity index (χ0v) is 15.2. The maximum absolute atomic E-state index is 12.9. The van der Waals surface area contributed by atoms with Gasteiger partial charge in [0.15, 0.2) is 5.78 Å². The zero-order valence-electron chi connectivity index (χ0n) is 15.2. The number of aliphatic imine (C=N–C) groups is 1. The number of hydrogen-bond donors (Lipinski definition) is 0. The van der Waals surface area contributed by atoms with Crippen molar-refractivity contribution in [2.75, 3.05) is 0 Å². The van der Waals surface area contributed by atoms with Gasteiger partial charge in [-0.3, -0.25) is 19.9 Å². The number of nitrogens with zero attached hydrogens (tertiary/aromatic N) is 2. The monoisotopic (exact) mass is 378 g/mol. The number of para-hydroxylation sites is 1. The van der Waals surface area contributed by atoms with E-state index in [1.807, 2.05) is 13.8 Å². The molecule has 2 atom stereocenters. The summed E-state index contributed by atoms with van der Waals surface area (Å²) in [7, 11) is 0. The minimum absolute atomic E-state index is 0.163. The van der Waals surface area contributed by atoms with Crippen LogP contribution in [0.2, 0.25) is 0 Å². The fourth-order valence-electron chi connectivity index (χ4n) is 3.97. The predicted octanol–water partition coefficient (Wildman–Crippen LogP) is 4.13. The molecule has 8 heteroatoms. The fraction of sp³-hybridized carbons (Fsp3) is 0.474. The van der Waals surface area contributed by atoms with E-state index in [0.29, 0.717) is 12.1 Å². The average Bonchev–Trinajstić information content (AvgIpc) is 2.51. The molecule has 27 heavy (non-hydrogen) atoms. The predicted molar refractivity (Wildman–Crippen MR) is 94.8 cm³/mol. The van der Waals surface area contributed by atoms with Crippen molar-refractivity contribution in [3.63, 3.8) is 0 Å². The summed E-state index contributed by atoms with van der Waals surface area (Å²) in [5.41, 5.74) is 0.885. The van der Waals surface area contributed by atoms with Crippen molar-refractivity contribution >= 4 is 11.5 Å². The van der Waals surface area contributed by atoms with E-state index >= 15 is 0 Å². The van der Waals surface area contributed by atoms with Crippen LogP contribution in [-0.4, -0.2) is 29.1 Å². The summed E-state index contributed by atoms with van der Waals surface area (Å²) < 4.78 is 30.3. The maximum atomic E-state index is 12.9. The van der Waals surface area contributed by atoms with E-state index < -0.39 is 23.5 Å². The second-order valence-electron chi connectivity index (χ2n) is 7.68. The van der Waals surface area contributed by atoms with Gasteiger partial charge in [-0.1, -0.05) is 32.0 Å². The summed E-state index contributed by atoms with van der Waals surface area (Å²) in [5, 5.41) is 11.8. The Hall–Kier alpha value is -2.64. The normalized spacial score (nSPS) is 24.5. The van der Waals surface area contributed by atoms with Gasteiger partial charge in [-0.05, 0) is 24.8 Å². The second kappa shape index (κ2) is 6.83. The third-order valence-electron chi connectivity index (χ3n) is 4.96. The van der Waals surface area contributed by atoms with Gasteiger partial charge in [-0.15, -0.1) is 0 Å². The molecule has 3 rings (SSSR count). The number of benzene rings is 1. The first kappa shape index (κ1) is 19.1. The first-order valence-corrected chi connectivity index (χ1v) is 8.59. The van der Waals surface area contributed by atoms with Crippen LogP contribution < -0.4 is 4.74 Å². The molecule has 0 saturated carbocycles. The minimum Gasteiger partial charge on any atom is -0.435 e. The lowest BCUT2D eigenvalue weighted by molar-refractivity contribution is -0.505. The second-order valence-corrected chi connectivity index (χ2v) is 7.68. The van der Waals surface area contributed by atoms with Gasteiger partial charge in [0.05, 0.1) is 11.6 Å². The molecule has 1 aromatic rings. The Labute approximate surface area is 155 Å². The molecule has 0 spiro atoms. The zero-order chi connectivity index (χ0) is 19.9. The van der Waals surface area contributed by atoms with Crippen LogP contribution in [0, 0.1) is 15.5 Å². The van der Waals surface area contributed by atoms with Gasteiger partial charge < -0.3 is 4.74 Å². The molecule has 1 aliphatic carbocycles. The highest BCUT2D eigenvalue weighted by atomic mass is 19.3. The molecule has 1 aliphatic heterocycles. The Morgan fingerprint density at radius 3 is 2.59 bits per heavy atom. The van der Waals surface area contributed by atoms with Gasteiger partial charge in [-0.2, -0.15) is 8.78 Å². The van der Waals surface area contributed by atoms with Gasteiger partial charge >= 0.3 is 6.61 Å². The summed E-state index contributed by atoms with van der Waals surface area (Å²) in [4.78, 5) is 28.5. The van der Waals surface area contributed by atoms with Gasteiger partial charge in [0.1, 0.15) is 5.75 Å². The van der Waals surface area contributed by atoms with E-state index in [-0.39, 0.29) is 40.2 Å². The third kappa shape index (κ3) is 3.61. The van der Waals surface area contributed by atoms with Crippen LogP contribution in [0.5, 0.6) is 5.75 Å². The van der Waals surface area contributed by atoms with Gasteiger partial charge in [0.25, 0.3) is 6.04 Å². The topological polar surface area (TPSA) is 81.8 Å². The van der Waals surface area contributed by atoms with Gasteiger partial charge in [0, 0.05) is 28.2 Å². The van der Waals surface area contributed by atoms with Crippen LogP contribution in [0.25, 0.3) is 0 Å². The highest BCUT2D eigenvalue weighted by Gasteiger charge is 2.48. The number of ketones is 1. The van der Waals surface area contributed by atoms with Gasteiger partial charge in [0.2, 0.25) is 0 Å². The van der Waals surface area contributed by atoms with Crippen LogP contribution in [0.1, 0.15) is 45.1 Å². The third-order valence-corrected chi connectivity index (χ3v) is 4.96. The number of allylic oxidation sites excluding steroid dienone is 1. The highest BCUT2D eigenvalue weighted by Crippen LogP contribution is 2.48. The van der Waals surface area contributed by atoms with E-state index in [9.17, 15) is 23.7 Å². The molecule has 0 aromatic heterocycles. The summed E-state index contributed by atoms with van der Waals surface area (Å²) in [6.45, 7) is 2.32. The van der Waals surface area contributed by atoms with Crippen molar-refractivity contribution in [2.24, 2.45) is 10.4 Å². The molecular weight excluding hydrogens is 358 g/mol. The molecular formula is C19H20F2N2O4. The number of carbonyl (C=O) groups is 1. The van der Waals surface area contributed by atoms with Crippen molar-refractivity contribution in [2.45, 2.75) is 52.2 Å². The maximum Gasteiger partial charge on any atom is 0.387 e. The molecule has 0 amide bonds. The van der Waals surface area contributed by atoms with Crippen molar-refractivity contribution in [3.8, 4) is 5.75 Å². The molecule has 1 heterocycles. The summed E-state index contributed by atoms with van der Waals surface area (Å²) >= 11 is 0. The molecule has 2 aliphatic rings. The lowest BCUT2D eigenvalue weighted by Crippen LogP contribution is -2.42. The number of nitro groups is 1. The van der Waals surface area contributed by atoms with E-state index in [1.165, 1.54) is 25.1 Å². The number of carbonyl (C=O) groups excluding carboxylic acids is 1. The fourth-order valence-corrected chi connectivity index (χ4v) is 3.97. The summed E-state index contributed by atoms with van der Waals surface area (Å²) in [5.74, 6) is -1.41. The van der Waals surface area contributed by atoms with Crippen LogP contribution in [-0.2, 0) is 4.79 Å². The van der Waals surface area contributed by atoms with Crippen LogP contribution in [0.4, 0.5) is 8.78 Å².